The standard InChI is InChI=1S/C13H19NO3/c1-2-3-9-17-13(16)11-5-4-6-12(10-11)14-7-8-15/h4-6,10,14-15H,2-3,7-9H2,1H3. The maximum Gasteiger partial charge on any atom is 0.338 e. The van der Waals surface area contributed by atoms with Crippen LogP contribution in [-0.2, 0) is 4.74 Å². The molecule has 0 bridgehead atoms. The Morgan fingerprint density at radius 2 is 2.29 bits per heavy atom. The molecule has 0 spiro atoms. The first kappa shape index (κ1) is 13.5. The fourth-order valence-electron chi connectivity index (χ4n) is 1.35. The molecule has 0 aliphatic heterocycles. The van der Waals surface area contributed by atoms with Crippen molar-refractivity contribution >= 4 is 11.7 Å². The summed E-state index contributed by atoms with van der Waals surface area (Å²) in [5.41, 5.74) is 1.34. The second-order valence-electron chi connectivity index (χ2n) is 3.72. The van der Waals surface area contributed by atoms with Crippen LogP contribution in [0, 0.1) is 0 Å². The highest BCUT2D eigenvalue weighted by molar-refractivity contribution is 5.90. The third-order valence-electron chi connectivity index (χ3n) is 2.27. The zero-order valence-corrected chi connectivity index (χ0v) is 10.1. The highest BCUT2D eigenvalue weighted by Crippen LogP contribution is 2.11. The van der Waals surface area contributed by atoms with Gasteiger partial charge in [-0.1, -0.05) is 19.4 Å². The van der Waals surface area contributed by atoms with Gasteiger partial charge in [0.1, 0.15) is 0 Å². The average molecular weight is 237 g/mol. The molecule has 1 aromatic rings. The Labute approximate surface area is 102 Å². The van der Waals surface area contributed by atoms with Gasteiger partial charge in [0.25, 0.3) is 0 Å². The fraction of sp³-hybridized carbons (Fsp3) is 0.462. The SMILES string of the molecule is CCCCOC(=O)c1cccc(NCCO)c1. The number of nitrogens with one attached hydrogen (secondary N) is 1. The first-order chi connectivity index (χ1) is 8.27. The molecule has 0 fully saturated rings. The molecule has 17 heavy (non-hydrogen) atoms. The highest BCUT2D eigenvalue weighted by atomic mass is 16.5. The molecule has 0 atom stereocenters. The van der Waals surface area contributed by atoms with Gasteiger partial charge in [0.15, 0.2) is 0 Å². The fourth-order valence-corrected chi connectivity index (χ4v) is 1.35. The van der Waals surface area contributed by atoms with Crippen molar-refractivity contribution in [1.82, 2.24) is 0 Å². The number of carbonyl (C=O) groups excluding carboxylic acids is 1. The molecule has 0 heterocycles. The molecule has 0 aromatic heterocycles. The van der Waals surface area contributed by atoms with Crippen LogP contribution in [0.2, 0.25) is 0 Å². The van der Waals surface area contributed by atoms with Crippen LogP contribution in [0.3, 0.4) is 0 Å². The van der Waals surface area contributed by atoms with Gasteiger partial charge in [0, 0.05) is 12.2 Å². The topological polar surface area (TPSA) is 58.6 Å². The minimum Gasteiger partial charge on any atom is -0.462 e. The van der Waals surface area contributed by atoms with Gasteiger partial charge >= 0.3 is 5.97 Å². The van der Waals surface area contributed by atoms with Crippen molar-refractivity contribution in [1.29, 1.82) is 0 Å². The number of aliphatic hydroxyl groups is 1. The Hall–Kier alpha value is -1.55. The van der Waals surface area contributed by atoms with E-state index in [9.17, 15) is 4.79 Å². The van der Waals surface area contributed by atoms with E-state index in [4.69, 9.17) is 9.84 Å². The van der Waals surface area contributed by atoms with Crippen molar-refractivity contribution in [2.45, 2.75) is 19.8 Å². The van der Waals surface area contributed by atoms with Crippen LogP contribution in [0.15, 0.2) is 24.3 Å². The monoisotopic (exact) mass is 237 g/mol. The molecule has 4 heteroatoms. The summed E-state index contributed by atoms with van der Waals surface area (Å²) in [6, 6.07) is 7.08. The maximum atomic E-state index is 11.6. The summed E-state index contributed by atoms with van der Waals surface area (Å²) in [4.78, 5) is 11.6. The quantitative estimate of drug-likeness (QED) is 0.563. The third kappa shape index (κ3) is 4.87. The predicted molar refractivity (Wildman–Crippen MR) is 67.2 cm³/mol. The number of ether oxygens (including phenoxy) is 1. The number of rotatable bonds is 7. The molecule has 0 aliphatic rings. The van der Waals surface area contributed by atoms with E-state index < -0.39 is 0 Å². The number of carbonyl (C=O) groups is 1. The third-order valence-corrected chi connectivity index (χ3v) is 2.27. The first-order valence-corrected chi connectivity index (χ1v) is 5.90. The van der Waals surface area contributed by atoms with E-state index in [2.05, 4.69) is 5.32 Å². The van der Waals surface area contributed by atoms with Gasteiger partial charge in [-0.2, -0.15) is 0 Å². The molecule has 2 N–H and O–H groups in total. The van der Waals surface area contributed by atoms with Crippen LogP contribution in [0.4, 0.5) is 5.69 Å². The molecule has 0 radical (unpaired) electrons. The summed E-state index contributed by atoms with van der Waals surface area (Å²) < 4.78 is 5.11. The minimum absolute atomic E-state index is 0.0607. The smallest absolute Gasteiger partial charge is 0.338 e. The number of aliphatic hydroxyl groups excluding tert-OH is 1. The summed E-state index contributed by atoms with van der Waals surface area (Å²) in [5.74, 6) is -0.300. The Kier molecular flexibility index (Phi) is 6.10. The van der Waals surface area contributed by atoms with Crippen LogP contribution in [-0.4, -0.2) is 30.8 Å². The van der Waals surface area contributed by atoms with E-state index in [0.717, 1.165) is 18.5 Å². The molecule has 1 aromatic carbocycles. The Balaban J connectivity index is 2.54. The van der Waals surface area contributed by atoms with Crippen molar-refractivity contribution in [2.75, 3.05) is 25.1 Å². The lowest BCUT2D eigenvalue weighted by Gasteiger charge is -2.07. The highest BCUT2D eigenvalue weighted by Gasteiger charge is 2.06. The summed E-state index contributed by atoms with van der Waals surface area (Å²) in [6.45, 7) is 3.04. The zero-order valence-electron chi connectivity index (χ0n) is 10.1. The van der Waals surface area contributed by atoms with Gasteiger partial charge in [0.2, 0.25) is 0 Å². The van der Waals surface area contributed by atoms with Crippen molar-refractivity contribution in [3.8, 4) is 0 Å². The Morgan fingerprint density at radius 3 is 3.00 bits per heavy atom. The lowest BCUT2D eigenvalue weighted by atomic mass is 10.2. The predicted octanol–water partition coefficient (Wildman–Crippen LogP) is 2.05. The molecule has 0 saturated carbocycles. The number of hydrogen-bond donors (Lipinski definition) is 2. The van der Waals surface area contributed by atoms with Crippen molar-refractivity contribution in [3.05, 3.63) is 29.8 Å². The lowest BCUT2D eigenvalue weighted by molar-refractivity contribution is 0.0500. The van der Waals surface area contributed by atoms with Gasteiger partial charge in [-0.15, -0.1) is 0 Å². The van der Waals surface area contributed by atoms with E-state index in [1.807, 2.05) is 13.0 Å². The first-order valence-electron chi connectivity index (χ1n) is 5.90. The van der Waals surface area contributed by atoms with Gasteiger partial charge in [-0.3, -0.25) is 0 Å². The van der Waals surface area contributed by atoms with Crippen LogP contribution < -0.4 is 5.32 Å². The van der Waals surface area contributed by atoms with Gasteiger partial charge < -0.3 is 15.2 Å². The largest absolute Gasteiger partial charge is 0.462 e. The van der Waals surface area contributed by atoms with Gasteiger partial charge in [-0.05, 0) is 24.6 Å². The molecule has 0 aliphatic carbocycles. The number of hydrogen-bond acceptors (Lipinski definition) is 4. The summed E-state index contributed by atoms with van der Waals surface area (Å²) in [7, 11) is 0. The van der Waals surface area contributed by atoms with E-state index >= 15 is 0 Å². The molecular weight excluding hydrogens is 218 g/mol. The van der Waals surface area contributed by atoms with Crippen molar-refractivity contribution in [2.24, 2.45) is 0 Å². The number of anilines is 1. The summed E-state index contributed by atoms with van der Waals surface area (Å²) >= 11 is 0. The van der Waals surface area contributed by atoms with Crippen LogP contribution in [0.25, 0.3) is 0 Å². The normalized spacial score (nSPS) is 10.0. The second kappa shape index (κ2) is 7.68. The van der Waals surface area contributed by atoms with E-state index in [1.54, 1.807) is 18.2 Å². The number of esters is 1. The second-order valence-corrected chi connectivity index (χ2v) is 3.72. The number of benzene rings is 1. The van der Waals surface area contributed by atoms with Crippen molar-refractivity contribution < 1.29 is 14.6 Å². The van der Waals surface area contributed by atoms with Crippen molar-refractivity contribution in [3.63, 3.8) is 0 Å². The molecular formula is C13H19NO3. The molecule has 4 nitrogen and oxygen atoms in total. The maximum absolute atomic E-state index is 11.6. The average Bonchev–Trinajstić information content (AvgIpc) is 2.37. The van der Waals surface area contributed by atoms with E-state index in [-0.39, 0.29) is 12.6 Å². The molecule has 0 saturated heterocycles. The minimum atomic E-state index is -0.300. The van der Waals surface area contributed by atoms with Crippen LogP contribution in [0.5, 0.6) is 0 Å². The lowest BCUT2D eigenvalue weighted by Crippen LogP contribution is -2.09. The van der Waals surface area contributed by atoms with Gasteiger partial charge in [0.05, 0.1) is 18.8 Å². The van der Waals surface area contributed by atoms with E-state index in [0.29, 0.717) is 18.7 Å². The van der Waals surface area contributed by atoms with E-state index in [1.165, 1.54) is 0 Å². The Morgan fingerprint density at radius 1 is 1.47 bits per heavy atom. The molecule has 0 amide bonds. The molecule has 94 valence electrons. The molecule has 1 rings (SSSR count). The van der Waals surface area contributed by atoms with Gasteiger partial charge in [-0.25, -0.2) is 4.79 Å². The molecule has 0 unspecified atom stereocenters. The zero-order chi connectivity index (χ0) is 12.5. The summed E-state index contributed by atoms with van der Waals surface area (Å²) in [6.07, 6.45) is 1.89. The van der Waals surface area contributed by atoms with Crippen LogP contribution in [0.1, 0.15) is 30.1 Å². The summed E-state index contributed by atoms with van der Waals surface area (Å²) in [5, 5.41) is 11.7. The van der Waals surface area contributed by atoms with Crippen LogP contribution >= 0.6 is 0 Å². The number of unbranched alkanes of at least 4 members (excludes halogenated alkanes) is 1. The Bertz CT molecular complexity index is 352.